The van der Waals surface area contributed by atoms with Crippen LogP contribution in [0.1, 0.15) is 40.4 Å². The number of carbonyl (C=O) groups is 3. The molecular formula is C29H29N3O3. The van der Waals surface area contributed by atoms with Gasteiger partial charge in [-0.15, -0.1) is 0 Å². The standard InChI is InChI=1S/C29H29N3O3/c33-26(23-14-12-21(13-15-23)20-7-2-1-3-8-20)19-32-18-6-11-25(32)28(34)31-29(35)27-24-10-5-4-9-22(24)16-17-30-27/h1-5,7-10,12-15,25,27,30H,6,11,16-19H2,(H,31,34,35)/t25-,27?/m0/s1. The molecule has 0 radical (unpaired) electrons. The van der Waals surface area contributed by atoms with Gasteiger partial charge in [-0.3, -0.25) is 24.6 Å². The molecule has 2 heterocycles. The van der Waals surface area contributed by atoms with Gasteiger partial charge in [0.1, 0.15) is 6.04 Å². The monoisotopic (exact) mass is 467 g/mol. The summed E-state index contributed by atoms with van der Waals surface area (Å²) >= 11 is 0. The molecule has 2 N–H and O–H groups in total. The molecule has 1 fully saturated rings. The van der Waals surface area contributed by atoms with E-state index in [-0.39, 0.29) is 24.1 Å². The highest BCUT2D eigenvalue weighted by atomic mass is 16.2. The summed E-state index contributed by atoms with van der Waals surface area (Å²) in [6.07, 6.45) is 2.31. The fraction of sp³-hybridized carbons (Fsp3) is 0.276. The van der Waals surface area contributed by atoms with Gasteiger partial charge >= 0.3 is 0 Å². The number of carbonyl (C=O) groups excluding carboxylic acids is 3. The fourth-order valence-corrected chi connectivity index (χ4v) is 5.08. The number of nitrogens with one attached hydrogen (secondary N) is 2. The summed E-state index contributed by atoms with van der Waals surface area (Å²) in [5, 5.41) is 5.83. The van der Waals surface area contributed by atoms with E-state index in [0.717, 1.165) is 35.1 Å². The first-order valence-corrected chi connectivity index (χ1v) is 12.2. The molecule has 6 heteroatoms. The van der Waals surface area contributed by atoms with E-state index in [9.17, 15) is 14.4 Å². The van der Waals surface area contributed by atoms with Crippen LogP contribution < -0.4 is 10.6 Å². The summed E-state index contributed by atoms with van der Waals surface area (Å²) in [7, 11) is 0. The van der Waals surface area contributed by atoms with Crippen LogP contribution >= 0.6 is 0 Å². The lowest BCUT2D eigenvalue weighted by Gasteiger charge is -2.27. The van der Waals surface area contributed by atoms with Crippen molar-refractivity contribution in [2.24, 2.45) is 0 Å². The number of nitrogens with zero attached hydrogens (tertiary/aromatic N) is 1. The first-order valence-electron chi connectivity index (χ1n) is 12.2. The Balaban J connectivity index is 1.21. The van der Waals surface area contributed by atoms with Crippen LogP contribution in [0, 0.1) is 0 Å². The van der Waals surface area contributed by atoms with E-state index in [1.807, 2.05) is 83.8 Å². The minimum absolute atomic E-state index is 0.0292. The smallest absolute Gasteiger partial charge is 0.248 e. The molecule has 178 valence electrons. The van der Waals surface area contributed by atoms with Crippen molar-refractivity contribution in [3.05, 3.63) is 95.6 Å². The molecule has 0 spiro atoms. The lowest BCUT2D eigenvalue weighted by atomic mass is 9.94. The van der Waals surface area contributed by atoms with E-state index in [2.05, 4.69) is 10.6 Å². The molecule has 0 saturated carbocycles. The van der Waals surface area contributed by atoms with Crippen molar-refractivity contribution in [2.75, 3.05) is 19.6 Å². The van der Waals surface area contributed by atoms with Gasteiger partial charge in [0, 0.05) is 12.1 Å². The highest BCUT2D eigenvalue weighted by Crippen LogP contribution is 2.24. The Kier molecular flexibility index (Phi) is 6.84. The van der Waals surface area contributed by atoms with Gasteiger partial charge < -0.3 is 5.32 Å². The first kappa shape index (κ1) is 23.1. The van der Waals surface area contributed by atoms with Gasteiger partial charge in [-0.2, -0.15) is 0 Å². The minimum Gasteiger partial charge on any atom is -0.302 e. The second-order valence-corrected chi connectivity index (χ2v) is 9.18. The van der Waals surface area contributed by atoms with Crippen molar-refractivity contribution >= 4 is 17.6 Å². The molecule has 0 aliphatic carbocycles. The molecule has 2 aliphatic rings. The molecule has 2 amide bonds. The minimum atomic E-state index is -0.538. The summed E-state index contributed by atoms with van der Waals surface area (Å²) in [6, 6.07) is 24.4. The van der Waals surface area contributed by atoms with Gasteiger partial charge in [-0.25, -0.2) is 0 Å². The molecule has 0 bridgehead atoms. The summed E-state index contributed by atoms with van der Waals surface area (Å²) in [4.78, 5) is 40.8. The largest absolute Gasteiger partial charge is 0.302 e. The molecule has 2 atom stereocenters. The van der Waals surface area contributed by atoms with Crippen molar-refractivity contribution < 1.29 is 14.4 Å². The second kappa shape index (κ2) is 10.3. The summed E-state index contributed by atoms with van der Waals surface area (Å²) in [6.45, 7) is 1.50. The van der Waals surface area contributed by atoms with E-state index in [1.54, 1.807) is 0 Å². The molecule has 3 aromatic carbocycles. The van der Waals surface area contributed by atoms with Crippen molar-refractivity contribution in [1.82, 2.24) is 15.5 Å². The van der Waals surface area contributed by atoms with Gasteiger partial charge in [0.15, 0.2) is 5.78 Å². The highest BCUT2D eigenvalue weighted by Gasteiger charge is 2.35. The lowest BCUT2D eigenvalue weighted by Crippen LogP contribution is -2.50. The van der Waals surface area contributed by atoms with E-state index in [1.165, 1.54) is 0 Å². The first-order chi connectivity index (χ1) is 17.1. The number of rotatable bonds is 6. The topological polar surface area (TPSA) is 78.5 Å². The highest BCUT2D eigenvalue weighted by molar-refractivity contribution is 6.02. The molecule has 5 rings (SSSR count). The Bertz CT molecular complexity index is 1220. The molecule has 2 aliphatic heterocycles. The third kappa shape index (κ3) is 5.09. The van der Waals surface area contributed by atoms with Crippen molar-refractivity contribution in [2.45, 2.75) is 31.3 Å². The van der Waals surface area contributed by atoms with Crippen molar-refractivity contribution in [3.8, 4) is 11.1 Å². The van der Waals surface area contributed by atoms with Crippen molar-refractivity contribution in [3.63, 3.8) is 0 Å². The lowest BCUT2D eigenvalue weighted by molar-refractivity contribution is -0.134. The van der Waals surface area contributed by atoms with Crippen LogP contribution in [0.5, 0.6) is 0 Å². The summed E-state index contributed by atoms with van der Waals surface area (Å²) in [5.41, 5.74) is 4.82. The van der Waals surface area contributed by atoms with Gasteiger partial charge in [-0.05, 0) is 48.1 Å². The maximum Gasteiger partial charge on any atom is 0.248 e. The van der Waals surface area contributed by atoms with Crippen LogP contribution in [-0.4, -0.2) is 48.2 Å². The number of likely N-dealkylation sites (tertiary alicyclic amines) is 1. The van der Waals surface area contributed by atoms with Crippen LogP contribution in [0.15, 0.2) is 78.9 Å². The Hall–Kier alpha value is -3.61. The number of benzene rings is 3. The van der Waals surface area contributed by atoms with E-state index < -0.39 is 12.1 Å². The average molecular weight is 468 g/mol. The third-order valence-electron chi connectivity index (χ3n) is 6.94. The summed E-state index contributed by atoms with van der Waals surface area (Å²) in [5.74, 6) is -0.695. The Morgan fingerprint density at radius 2 is 1.57 bits per heavy atom. The fourth-order valence-electron chi connectivity index (χ4n) is 5.08. The molecule has 0 aromatic heterocycles. The molecule has 3 aromatic rings. The van der Waals surface area contributed by atoms with Crippen molar-refractivity contribution in [1.29, 1.82) is 0 Å². The van der Waals surface area contributed by atoms with E-state index >= 15 is 0 Å². The molecule has 35 heavy (non-hydrogen) atoms. The number of hydrogen-bond donors (Lipinski definition) is 2. The van der Waals surface area contributed by atoms with Gasteiger partial charge in [-0.1, -0.05) is 78.9 Å². The van der Waals surface area contributed by atoms with E-state index in [0.29, 0.717) is 25.1 Å². The average Bonchev–Trinajstić information content (AvgIpc) is 3.37. The van der Waals surface area contributed by atoms with Gasteiger partial charge in [0.05, 0.1) is 12.6 Å². The molecule has 1 unspecified atom stereocenters. The van der Waals surface area contributed by atoms with Crippen LogP contribution in [0.2, 0.25) is 0 Å². The normalized spacial score (nSPS) is 19.7. The Morgan fingerprint density at radius 1 is 0.857 bits per heavy atom. The van der Waals surface area contributed by atoms with Crippen LogP contribution in [0.4, 0.5) is 0 Å². The zero-order valence-corrected chi connectivity index (χ0v) is 19.6. The zero-order chi connectivity index (χ0) is 24.2. The second-order valence-electron chi connectivity index (χ2n) is 9.18. The SMILES string of the molecule is O=C(CN1CCC[C@H]1C(=O)NC(=O)C1NCCc2ccccc21)c1ccc(-c2ccccc2)cc1. The Morgan fingerprint density at radius 3 is 2.37 bits per heavy atom. The summed E-state index contributed by atoms with van der Waals surface area (Å²) < 4.78 is 0. The quantitative estimate of drug-likeness (QED) is 0.428. The van der Waals surface area contributed by atoms with Crippen LogP contribution in [0.25, 0.3) is 11.1 Å². The predicted molar refractivity (Wildman–Crippen MR) is 135 cm³/mol. The maximum atomic E-state index is 13.0. The number of imide groups is 1. The molecular weight excluding hydrogens is 438 g/mol. The third-order valence-corrected chi connectivity index (χ3v) is 6.94. The van der Waals surface area contributed by atoms with E-state index in [4.69, 9.17) is 0 Å². The predicted octanol–water partition coefficient (Wildman–Crippen LogP) is 3.53. The van der Waals surface area contributed by atoms with Crippen LogP contribution in [-0.2, 0) is 16.0 Å². The van der Waals surface area contributed by atoms with Crippen LogP contribution in [0.3, 0.4) is 0 Å². The number of fused-ring (bicyclic) bond motifs is 1. The number of ketones is 1. The maximum absolute atomic E-state index is 13.0. The Labute approximate surface area is 205 Å². The van der Waals surface area contributed by atoms with Gasteiger partial charge in [0.25, 0.3) is 0 Å². The molecule has 1 saturated heterocycles. The van der Waals surface area contributed by atoms with Gasteiger partial charge in [0.2, 0.25) is 11.8 Å². The number of hydrogen-bond acceptors (Lipinski definition) is 5. The zero-order valence-electron chi connectivity index (χ0n) is 19.6. The molecule has 6 nitrogen and oxygen atoms in total. The number of Topliss-reactive ketones (excluding diaryl/α,β-unsaturated/α-hetero) is 1. The number of amides is 2.